The Morgan fingerprint density at radius 2 is 1.97 bits per heavy atom. The number of fused-ring (bicyclic) bond motifs is 2. The quantitative estimate of drug-likeness (QED) is 0.517. The number of rotatable bonds is 4. The molecule has 0 amide bonds. The number of nitrogens with two attached hydrogens (primary N) is 2. The van der Waals surface area contributed by atoms with E-state index < -0.39 is 10.0 Å². The number of hydrogen-bond acceptors (Lipinski definition) is 9. The molecule has 0 saturated carbocycles. The summed E-state index contributed by atoms with van der Waals surface area (Å²) in [5.41, 5.74) is 16.6. The number of aromatic nitrogens is 3. The van der Waals surface area contributed by atoms with Crippen LogP contribution in [0.5, 0.6) is 5.75 Å². The van der Waals surface area contributed by atoms with Crippen LogP contribution in [0.2, 0.25) is 0 Å². The van der Waals surface area contributed by atoms with Gasteiger partial charge in [-0.25, -0.2) is 23.4 Å². The van der Waals surface area contributed by atoms with Crippen molar-refractivity contribution in [1.82, 2.24) is 19.3 Å². The largest absolute Gasteiger partial charge is 0.491 e. The van der Waals surface area contributed by atoms with Crippen molar-refractivity contribution in [1.29, 1.82) is 0 Å². The lowest BCUT2D eigenvalue weighted by Crippen LogP contribution is -2.32. The van der Waals surface area contributed by atoms with Crippen LogP contribution in [0.4, 0.5) is 11.6 Å². The molecule has 2 aromatic heterocycles. The Kier molecular flexibility index (Phi) is 6.29. The van der Waals surface area contributed by atoms with Crippen molar-refractivity contribution < 1.29 is 13.2 Å². The number of sulfonamides is 1. The van der Waals surface area contributed by atoms with Crippen molar-refractivity contribution in [2.45, 2.75) is 37.2 Å². The van der Waals surface area contributed by atoms with Crippen LogP contribution in [0, 0.1) is 5.92 Å². The standard InChI is InChI=1S/C27H31N7O3S/c1-17-2-4-23-22(10-17)27(32-16-31-23)33-8-9-37-24-5-3-18(11-20(24)14-33)19-12-25(26(29)30-13-19)38(35,36)34-7-6-21(28)15-34/h2-5,11-13,16-17,21H,6-10,14-15,28H2,1H3,(H2,29,30). The molecule has 0 spiro atoms. The van der Waals surface area contributed by atoms with Gasteiger partial charge in [-0.3, -0.25) is 0 Å². The van der Waals surface area contributed by atoms with E-state index in [1.807, 2.05) is 18.2 Å². The zero-order valence-electron chi connectivity index (χ0n) is 21.2. The number of nitrogens with zero attached hydrogens (tertiary/aromatic N) is 5. The van der Waals surface area contributed by atoms with Crippen molar-refractivity contribution in [2.24, 2.45) is 11.7 Å². The van der Waals surface area contributed by atoms with Crippen LogP contribution in [0.1, 0.15) is 30.2 Å². The molecule has 1 aliphatic carbocycles. The first kappa shape index (κ1) is 24.8. The molecule has 1 fully saturated rings. The van der Waals surface area contributed by atoms with E-state index in [0.717, 1.165) is 40.4 Å². The van der Waals surface area contributed by atoms with Crippen molar-refractivity contribution in [2.75, 3.05) is 36.9 Å². The van der Waals surface area contributed by atoms with E-state index in [1.165, 1.54) is 4.31 Å². The third-order valence-electron chi connectivity index (χ3n) is 7.43. The molecular formula is C27H31N7O3S. The lowest BCUT2D eigenvalue weighted by Gasteiger charge is -2.26. The summed E-state index contributed by atoms with van der Waals surface area (Å²) in [6, 6.07) is 7.31. The van der Waals surface area contributed by atoms with Gasteiger partial charge in [0.05, 0.1) is 12.2 Å². The molecule has 4 heterocycles. The van der Waals surface area contributed by atoms with Gasteiger partial charge in [0, 0.05) is 48.6 Å². The van der Waals surface area contributed by atoms with E-state index in [1.54, 1.807) is 18.6 Å². The Morgan fingerprint density at radius 1 is 1.11 bits per heavy atom. The van der Waals surface area contributed by atoms with Gasteiger partial charge in [-0.15, -0.1) is 0 Å². The SMILES string of the molecule is CC1C=Cc2ncnc(N3CCOc4ccc(-c5cnc(N)c(S(=O)(=O)N6CCC(N)C6)c5)cc4C3)c2C1. The second-order valence-electron chi connectivity index (χ2n) is 10.2. The third-order valence-corrected chi connectivity index (χ3v) is 9.32. The minimum atomic E-state index is -3.80. The highest BCUT2D eigenvalue weighted by atomic mass is 32.2. The van der Waals surface area contributed by atoms with Gasteiger partial charge >= 0.3 is 0 Å². The number of benzene rings is 1. The van der Waals surface area contributed by atoms with Crippen LogP contribution >= 0.6 is 0 Å². The fourth-order valence-electron chi connectivity index (χ4n) is 5.36. The smallest absolute Gasteiger partial charge is 0.246 e. The van der Waals surface area contributed by atoms with Crippen molar-refractivity contribution >= 4 is 27.7 Å². The summed E-state index contributed by atoms with van der Waals surface area (Å²) in [4.78, 5) is 15.6. The summed E-state index contributed by atoms with van der Waals surface area (Å²) in [6.07, 6.45) is 8.99. The summed E-state index contributed by atoms with van der Waals surface area (Å²) in [6.45, 7) is 4.66. The Morgan fingerprint density at radius 3 is 2.79 bits per heavy atom. The van der Waals surface area contributed by atoms with E-state index in [0.29, 0.717) is 44.1 Å². The number of hydrogen-bond donors (Lipinski definition) is 2. The van der Waals surface area contributed by atoms with Crippen molar-refractivity contribution in [3.63, 3.8) is 0 Å². The Labute approximate surface area is 222 Å². The number of ether oxygens (including phenoxy) is 1. The summed E-state index contributed by atoms with van der Waals surface area (Å²) < 4.78 is 34.1. The lowest BCUT2D eigenvalue weighted by atomic mass is 9.94. The molecule has 4 N–H and O–H groups in total. The van der Waals surface area contributed by atoms with Crippen LogP contribution in [0.3, 0.4) is 0 Å². The summed E-state index contributed by atoms with van der Waals surface area (Å²) in [5.74, 6) is 2.14. The highest BCUT2D eigenvalue weighted by Crippen LogP contribution is 2.35. The first-order chi connectivity index (χ1) is 18.3. The number of anilines is 2. The fourth-order valence-corrected chi connectivity index (χ4v) is 6.96. The molecule has 6 rings (SSSR count). The average molecular weight is 534 g/mol. The average Bonchev–Trinajstić information content (AvgIpc) is 3.24. The van der Waals surface area contributed by atoms with Crippen molar-refractivity contribution in [3.8, 4) is 16.9 Å². The van der Waals surface area contributed by atoms with E-state index in [-0.39, 0.29) is 23.3 Å². The maximum absolute atomic E-state index is 13.3. The molecule has 3 aromatic rings. The minimum Gasteiger partial charge on any atom is -0.491 e. The summed E-state index contributed by atoms with van der Waals surface area (Å²) in [5, 5.41) is 0. The molecule has 0 bridgehead atoms. The monoisotopic (exact) mass is 533 g/mol. The number of nitrogen functional groups attached to an aromatic ring is 1. The van der Waals surface area contributed by atoms with E-state index >= 15 is 0 Å². The zero-order valence-corrected chi connectivity index (χ0v) is 22.1. The minimum absolute atomic E-state index is 0.00621. The Bertz CT molecular complexity index is 1530. The van der Waals surface area contributed by atoms with Crippen LogP contribution < -0.4 is 21.1 Å². The molecule has 10 nitrogen and oxygen atoms in total. The highest BCUT2D eigenvalue weighted by molar-refractivity contribution is 7.89. The van der Waals surface area contributed by atoms with E-state index in [2.05, 4.69) is 38.9 Å². The maximum atomic E-state index is 13.3. The molecule has 1 saturated heterocycles. The van der Waals surface area contributed by atoms with Gasteiger partial charge in [-0.05, 0) is 48.6 Å². The molecule has 0 radical (unpaired) electrons. The zero-order chi connectivity index (χ0) is 26.4. The predicted molar refractivity (Wildman–Crippen MR) is 146 cm³/mol. The molecule has 38 heavy (non-hydrogen) atoms. The second kappa shape index (κ2) is 9.64. The van der Waals surface area contributed by atoms with Gasteiger partial charge in [0.15, 0.2) is 0 Å². The summed E-state index contributed by atoms with van der Waals surface area (Å²) in [7, 11) is -3.80. The molecule has 11 heteroatoms. The van der Waals surface area contributed by atoms with Crippen LogP contribution in [-0.4, -0.2) is 60.0 Å². The molecule has 3 aliphatic rings. The van der Waals surface area contributed by atoms with E-state index in [9.17, 15) is 8.42 Å². The molecular weight excluding hydrogens is 502 g/mol. The van der Waals surface area contributed by atoms with Crippen LogP contribution in [0.25, 0.3) is 17.2 Å². The topological polar surface area (TPSA) is 141 Å². The number of pyridine rings is 1. The fraction of sp³-hybridized carbons (Fsp3) is 0.370. The van der Waals surface area contributed by atoms with E-state index in [4.69, 9.17) is 16.2 Å². The molecule has 2 atom stereocenters. The Balaban J connectivity index is 1.34. The second-order valence-corrected chi connectivity index (χ2v) is 12.1. The molecule has 198 valence electrons. The normalized spacial score (nSPS) is 21.5. The lowest BCUT2D eigenvalue weighted by molar-refractivity contribution is 0.331. The van der Waals surface area contributed by atoms with Gasteiger partial charge in [-0.1, -0.05) is 19.1 Å². The van der Waals surface area contributed by atoms with Gasteiger partial charge in [0.2, 0.25) is 10.0 Å². The van der Waals surface area contributed by atoms with Gasteiger partial charge < -0.3 is 21.1 Å². The molecule has 2 aliphatic heterocycles. The van der Waals surface area contributed by atoms with Gasteiger partial charge in [0.25, 0.3) is 0 Å². The third kappa shape index (κ3) is 4.50. The summed E-state index contributed by atoms with van der Waals surface area (Å²) >= 11 is 0. The first-order valence-electron chi connectivity index (χ1n) is 12.8. The first-order valence-corrected chi connectivity index (χ1v) is 14.3. The molecule has 1 aromatic carbocycles. The number of allylic oxidation sites excluding steroid dienone is 1. The van der Waals surface area contributed by atoms with Gasteiger partial charge in [0.1, 0.15) is 35.2 Å². The molecule has 2 unspecified atom stereocenters. The predicted octanol–water partition coefficient (Wildman–Crippen LogP) is 2.45. The van der Waals surface area contributed by atoms with Crippen molar-refractivity contribution in [3.05, 3.63) is 59.7 Å². The maximum Gasteiger partial charge on any atom is 0.246 e. The Hall–Kier alpha value is -3.54. The van der Waals surface area contributed by atoms with Crippen LogP contribution in [0.15, 0.2) is 47.8 Å². The van der Waals surface area contributed by atoms with Gasteiger partial charge in [-0.2, -0.15) is 4.31 Å². The van der Waals surface area contributed by atoms with Crippen LogP contribution in [-0.2, 0) is 23.0 Å². The highest BCUT2D eigenvalue weighted by Gasteiger charge is 2.33.